The van der Waals surface area contributed by atoms with E-state index in [0.717, 1.165) is 170 Å². The molecule has 13 aromatic carbocycles. The monoisotopic (exact) mass is 1790 g/mol. The first-order chi connectivity index (χ1) is 68.9. The topological polar surface area (TPSA) is 183 Å². The normalized spacial score (nSPS) is 12.8. The molecule has 26 rings (SSSR count). The smallest absolute Gasteiger partial charge is 0.160 e. The van der Waals surface area contributed by atoms with Crippen LogP contribution < -0.4 is 24.2 Å². The molecule has 1 spiro atoms. The summed E-state index contributed by atoms with van der Waals surface area (Å²) >= 11 is 0. The van der Waals surface area contributed by atoms with Gasteiger partial charge in [0.15, 0.2) is 29.0 Å². The van der Waals surface area contributed by atoms with Gasteiger partial charge in [0.25, 0.3) is 0 Å². The molecule has 9 aromatic heterocycles. The maximum Gasteiger partial charge on any atom is 0.160 e. The maximum absolute atomic E-state index is 6.54. The van der Waals surface area contributed by atoms with Crippen LogP contribution in [0.25, 0.3) is 102 Å². The molecule has 13 heterocycles. The third-order valence-electron chi connectivity index (χ3n) is 25.7. The van der Waals surface area contributed by atoms with Gasteiger partial charge < -0.3 is 24.2 Å². The summed E-state index contributed by atoms with van der Waals surface area (Å²) in [5.41, 5.74) is 30.0. The molecule has 0 N–H and O–H groups in total. The van der Waals surface area contributed by atoms with Gasteiger partial charge in [0.1, 0.15) is 11.5 Å². The Morgan fingerprint density at radius 2 is 0.381 bits per heavy atom. The van der Waals surface area contributed by atoms with Crippen LogP contribution in [-0.4, -0.2) is 59.8 Å². The highest BCUT2D eigenvalue weighted by Crippen LogP contribution is 2.64. The van der Waals surface area contributed by atoms with Crippen molar-refractivity contribution in [1.29, 1.82) is 0 Å². The van der Waals surface area contributed by atoms with Gasteiger partial charge in [0.05, 0.1) is 113 Å². The lowest BCUT2D eigenvalue weighted by Crippen LogP contribution is -2.39. The number of ether oxygens (including phenoxy) is 2. The lowest BCUT2D eigenvalue weighted by molar-refractivity contribution is 0.434. The van der Waals surface area contributed by atoms with Crippen LogP contribution in [0.15, 0.2) is 492 Å². The SMILES string of the molecule is c1ccc(-c2cc(-c3ccccn3)nc(-c3ccc(N4c5ccccc5C5(c6ccccc6Oc6ccccc65)c5ccccc54)cc3)n2)nc1.c1ccc(-c2cc(-c3ccccn3)nc(-c3ccc(N4c5ccccc5Oc5ccccc54)cc3)n2)nc1.c1ccc(C2(c3ccccc3)c3ccccc3N(c3ccc(-c4nc(-c5ccccn5)cc(-c5ccccn5)n4)cc3)c3ccccc32)cc1. The van der Waals surface area contributed by atoms with Crippen molar-refractivity contribution in [2.45, 2.75) is 10.8 Å². The van der Waals surface area contributed by atoms with Gasteiger partial charge in [-0.1, -0.05) is 231 Å². The largest absolute Gasteiger partial charge is 0.457 e. The Morgan fingerprint density at radius 3 is 0.655 bits per heavy atom. The molecule has 0 bridgehead atoms. The van der Waals surface area contributed by atoms with Gasteiger partial charge in [0.2, 0.25) is 0 Å². The first-order valence-corrected chi connectivity index (χ1v) is 46.0. The van der Waals surface area contributed by atoms with E-state index in [1.54, 1.807) is 37.2 Å². The van der Waals surface area contributed by atoms with Gasteiger partial charge in [-0.2, -0.15) is 0 Å². The summed E-state index contributed by atoms with van der Waals surface area (Å²) in [4.78, 5) is 64.0. The molecule has 0 radical (unpaired) electrons. The molecule has 0 aliphatic carbocycles. The Morgan fingerprint density at radius 1 is 0.165 bits per heavy atom. The van der Waals surface area contributed by atoms with Crippen molar-refractivity contribution in [3.05, 3.63) is 537 Å². The van der Waals surface area contributed by atoms with Crippen molar-refractivity contribution < 1.29 is 9.47 Å². The maximum atomic E-state index is 6.54. The molecular weight excluding hydrogens is 1710 g/mol. The molecule has 0 saturated carbocycles. The summed E-state index contributed by atoms with van der Waals surface area (Å²) < 4.78 is 12.7. The minimum atomic E-state index is -0.573. The number of fused-ring (bicyclic) bond motifs is 12. The Hall–Kier alpha value is -19.0. The lowest BCUT2D eigenvalue weighted by Gasteiger charge is -2.48. The molecule has 17 nitrogen and oxygen atoms in total. The number of para-hydroxylation sites is 10. The van der Waals surface area contributed by atoms with Crippen LogP contribution in [0.5, 0.6) is 23.0 Å². The standard InChI is InChI=1S/C45H29N5O.C45H31N5.C32H21N5O/c1-5-19-40-32(13-1)45(34-15-3-7-21-42(34)51-43-22-8-4-16-35(43)45)33-14-2-6-20-41(33)50(40)31-25-23-30(24-26-31)44-48-38(36-17-9-11-27-46-36)29-39(49-44)37-18-10-12-28-47-37;1-3-15-33(16-4-1)45(34-17-5-2-6-18-34)36-19-7-9-23-42(36)50(43-24-10-8-20-37(43)45)35-27-25-32(26-28-35)44-48-40(38-21-11-13-29-46-38)31-41(49-44)39-22-12-14-30-47-39;1-3-13-30-28(11-1)37(29-12-2-4-14-31(29)38-30)23-17-15-22(16-18-23)32-35-26(24-9-5-7-19-33-24)21-27(36-32)25-10-6-8-20-34-25/h1-29H;1-31H;1-21H. The van der Waals surface area contributed by atoms with Gasteiger partial charge in [0, 0.05) is 82.1 Å². The minimum absolute atomic E-state index is 0.506. The molecule has 139 heavy (non-hydrogen) atoms. The molecule has 656 valence electrons. The highest BCUT2D eigenvalue weighted by Gasteiger charge is 2.52. The predicted octanol–water partition coefficient (Wildman–Crippen LogP) is 28.8. The molecule has 17 heteroatoms. The fraction of sp³-hybridized carbons (Fsp3) is 0.0164. The van der Waals surface area contributed by atoms with Gasteiger partial charge in [-0.15, -0.1) is 0 Å². The highest BCUT2D eigenvalue weighted by atomic mass is 16.5. The van der Waals surface area contributed by atoms with E-state index in [-0.39, 0.29) is 0 Å². The van der Waals surface area contributed by atoms with Crippen LogP contribution in [0.1, 0.15) is 44.5 Å². The number of rotatable bonds is 14. The van der Waals surface area contributed by atoms with Crippen LogP contribution in [-0.2, 0) is 10.8 Å². The third-order valence-corrected chi connectivity index (χ3v) is 25.7. The van der Waals surface area contributed by atoms with E-state index in [2.05, 4.69) is 324 Å². The number of pyridine rings is 6. The molecular formula is C122H81N15O2. The summed E-state index contributed by atoms with van der Waals surface area (Å²) in [5.74, 6) is 5.23. The Labute approximate surface area is 802 Å². The van der Waals surface area contributed by atoms with E-state index in [9.17, 15) is 0 Å². The second-order valence-corrected chi connectivity index (χ2v) is 33.8. The van der Waals surface area contributed by atoms with Crippen molar-refractivity contribution in [2.24, 2.45) is 0 Å². The molecule has 0 amide bonds. The van der Waals surface area contributed by atoms with Crippen LogP contribution in [0.4, 0.5) is 51.2 Å². The van der Waals surface area contributed by atoms with E-state index >= 15 is 0 Å². The minimum Gasteiger partial charge on any atom is -0.457 e. The van der Waals surface area contributed by atoms with Crippen LogP contribution in [0, 0.1) is 0 Å². The van der Waals surface area contributed by atoms with Crippen LogP contribution in [0.3, 0.4) is 0 Å². The average molecular weight is 1790 g/mol. The Bertz CT molecular complexity index is 7850. The van der Waals surface area contributed by atoms with Crippen molar-refractivity contribution in [3.8, 4) is 125 Å². The van der Waals surface area contributed by atoms with Gasteiger partial charge in [-0.3, -0.25) is 29.9 Å². The predicted molar refractivity (Wildman–Crippen MR) is 550 cm³/mol. The first kappa shape index (κ1) is 83.1. The van der Waals surface area contributed by atoms with Gasteiger partial charge >= 0.3 is 0 Å². The van der Waals surface area contributed by atoms with Crippen LogP contribution >= 0.6 is 0 Å². The lowest BCUT2D eigenvalue weighted by atomic mass is 9.61. The van der Waals surface area contributed by atoms with E-state index in [1.165, 1.54) is 33.4 Å². The Kier molecular flexibility index (Phi) is 21.6. The number of anilines is 9. The van der Waals surface area contributed by atoms with E-state index in [0.29, 0.717) is 17.5 Å². The molecule has 0 saturated heterocycles. The van der Waals surface area contributed by atoms with Gasteiger partial charge in [-0.05, 0) is 258 Å². The summed E-state index contributed by atoms with van der Waals surface area (Å²) in [6.07, 6.45) is 10.7. The van der Waals surface area contributed by atoms with Crippen molar-refractivity contribution >= 4 is 51.2 Å². The zero-order valence-electron chi connectivity index (χ0n) is 74.8. The van der Waals surface area contributed by atoms with Crippen molar-refractivity contribution in [2.75, 3.05) is 14.7 Å². The summed E-state index contributed by atoms with van der Waals surface area (Å²) in [6.45, 7) is 0. The summed E-state index contributed by atoms with van der Waals surface area (Å²) in [6, 6.07) is 156. The molecule has 0 unspecified atom stereocenters. The molecule has 0 atom stereocenters. The second-order valence-electron chi connectivity index (χ2n) is 33.8. The second kappa shape index (κ2) is 36.2. The average Bonchev–Trinajstić information content (AvgIpc) is 0.681. The number of hydrogen-bond donors (Lipinski definition) is 0. The quantitative estimate of drug-likeness (QED) is 0.100. The zero-order chi connectivity index (χ0) is 92.4. The van der Waals surface area contributed by atoms with Gasteiger partial charge in [-0.25, -0.2) is 29.9 Å². The summed E-state index contributed by atoms with van der Waals surface area (Å²) in [7, 11) is 0. The van der Waals surface area contributed by atoms with Crippen molar-refractivity contribution in [3.63, 3.8) is 0 Å². The van der Waals surface area contributed by atoms with E-state index < -0.39 is 10.8 Å². The number of nitrogens with zero attached hydrogens (tertiary/aromatic N) is 15. The summed E-state index contributed by atoms with van der Waals surface area (Å²) in [5, 5.41) is 0. The number of benzene rings is 13. The van der Waals surface area contributed by atoms with Crippen LogP contribution in [0.2, 0.25) is 0 Å². The molecule has 0 fully saturated rings. The van der Waals surface area contributed by atoms with E-state index in [4.69, 9.17) is 39.4 Å². The molecule has 4 aliphatic rings. The Balaban J connectivity index is 0.000000115. The number of hydrogen-bond acceptors (Lipinski definition) is 17. The number of aromatic nitrogens is 12. The fourth-order valence-electron chi connectivity index (χ4n) is 19.7. The molecule has 4 aliphatic heterocycles. The highest BCUT2D eigenvalue weighted by molar-refractivity contribution is 5.94. The van der Waals surface area contributed by atoms with E-state index in [1.807, 2.05) is 176 Å². The fourth-order valence-corrected chi connectivity index (χ4v) is 19.7. The first-order valence-electron chi connectivity index (χ1n) is 46.0. The third kappa shape index (κ3) is 15.2. The van der Waals surface area contributed by atoms with Crippen molar-refractivity contribution in [1.82, 2.24) is 59.8 Å². The zero-order valence-corrected chi connectivity index (χ0v) is 74.8. The molecule has 22 aromatic rings.